The molecule has 1 saturated heterocycles. The third kappa shape index (κ3) is 7.07. The fourth-order valence-electron chi connectivity index (χ4n) is 6.50. The number of amides is 3. The van der Waals surface area contributed by atoms with Crippen LogP contribution in [0.1, 0.15) is 54.4 Å². The molecule has 1 fully saturated rings. The number of nitrogens with zero attached hydrogens (tertiary/aromatic N) is 4. The maximum absolute atomic E-state index is 13.6. The number of ether oxygens (including phenoxy) is 3. The molecule has 0 bridgehead atoms. The van der Waals surface area contributed by atoms with E-state index in [0.29, 0.717) is 73.5 Å². The SMILES string of the molecule is COc1cc2c(cc1OCCCCCC(=O)N1C[C@@H](CCl)c3c1cc(OC(=O)N1CCN(C)CC1)c1ccccc31)N=C[C@H](C)NC2=O. The van der Waals surface area contributed by atoms with Crippen LogP contribution < -0.4 is 24.4 Å². The normalized spacial score (nSPS) is 19.0. The minimum Gasteiger partial charge on any atom is -0.493 e. The predicted molar refractivity (Wildman–Crippen MR) is 187 cm³/mol. The zero-order chi connectivity index (χ0) is 33.8. The van der Waals surface area contributed by atoms with Gasteiger partial charge in [0.15, 0.2) is 11.5 Å². The quantitative estimate of drug-likeness (QED) is 0.216. The van der Waals surface area contributed by atoms with Crippen LogP contribution in [-0.2, 0) is 4.79 Å². The molecule has 0 unspecified atom stereocenters. The third-order valence-electron chi connectivity index (χ3n) is 9.19. The van der Waals surface area contributed by atoms with Gasteiger partial charge >= 0.3 is 6.09 Å². The molecule has 3 aromatic carbocycles. The Morgan fingerprint density at radius 2 is 1.77 bits per heavy atom. The molecule has 12 heteroatoms. The van der Waals surface area contributed by atoms with Crippen LogP contribution in [0.25, 0.3) is 10.8 Å². The summed E-state index contributed by atoms with van der Waals surface area (Å²) in [6, 6.07) is 12.9. The topological polar surface area (TPSA) is 113 Å². The number of methoxy groups -OCH3 is 1. The average molecular weight is 676 g/mol. The first kappa shape index (κ1) is 33.5. The summed E-state index contributed by atoms with van der Waals surface area (Å²) in [5.41, 5.74) is 2.75. The zero-order valence-electron chi connectivity index (χ0n) is 27.7. The summed E-state index contributed by atoms with van der Waals surface area (Å²) in [4.78, 5) is 49.5. The van der Waals surface area contributed by atoms with Crippen LogP contribution >= 0.6 is 11.6 Å². The molecular weight excluding hydrogens is 634 g/mol. The number of alkyl halides is 1. The average Bonchev–Trinajstić information content (AvgIpc) is 3.41. The van der Waals surface area contributed by atoms with Crippen LogP contribution in [0.4, 0.5) is 16.2 Å². The van der Waals surface area contributed by atoms with Crippen LogP contribution in [0.2, 0.25) is 0 Å². The minimum absolute atomic E-state index is 0.00852. The van der Waals surface area contributed by atoms with Gasteiger partial charge in [-0.2, -0.15) is 0 Å². The number of rotatable bonds is 10. The van der Waals surface area contributed by atoms with E-state index in [-0.39, 0.29) is 29.9 Å². The second-order valence-corrected chi connectivity index (χ2v) is 12.9. The van der Waals surface area contributed by atoms with Crippen molar-refractivity contribution in [3.8, 4) is 17.2 Å². The van der Waals surface area contributed by atoms with Gasteiger partial charge in [-0.15, -0.1) is 11.6 Å². The molecular formula is C36H42ClN5O6. The number of aliphatic imine (C=N–C) groups is 1. The number of likely N-dealkylation sites (N-methyl/N-ethyl adjacent to an activating group) is 1. The molecule has 0 radical (unpaired) electrons. The number of hydrogen-bond acceptors (Lipinski definition) is 8. The molecule has 2 atom stereocenters. The molecule has 0 aliphatic carbocycles. The number of benzene rings is 3. The Morgan fingerprint density at radius 3 is 2.52 bits per heavy atom. The second kappa shape index (κ2) is 14.8. The van der Waals surface area contributed by atoms with E-state index in [1.165, 1.54) is 7.11 Å². The van der Waals surface area contributed by atoms with Gasteiger partial charge in [0.25, 0.3) is 5.91 Å². The Hall–Kier alpha value is -4.35. The van der Waals surface area contributed by atoms with Gasteiger partial charge in [0.05, 0.1) is 36.7 Å². The predicted octanol–water partition coefficient (Wildman–Crippen LogP) is 5.74. The zero-order valence-corrected chi connectivity index (χ0v) is 28.4. The molecule has 3 heterocycles. The summed E-state index contributed by atoms with van der Waals surface area (Å²) in [6.07, 6.45) is 3.87. The van der Waals surface area contributed by atoms with Crippen molar-refractivity contribution >= 4 is 57.9 Å². The van der Waals surface area contributed by atoms with E-state index in [0.717, 1.165) is 48.0 Å². The first-order valence-corrected chi connectivity index (χ1v) is 17.1. The molecule has 0 saturated carbocycles. The van der Waals surface area contributed by atoms with Gasteiger partial charge in [0.2, 0.25) is 5.91 Å². The highest BCUT2D eigenvalue weighted by atomic mass is 35.5. The summed E-state index contributed by atoms with van der Waals surface area (Å²) >= 11 is 6.45. The van der Waals surface area contributed by atoms with Gasteiger partial charge in [0, 0.05) is 74.7 Å². The lowest BCUT2D eigenvalue weighted by molar-refractivity contribution is -0.118. The van der Waals surface area contributed by atoms with Gasteiger partial charge in [-0.05, 0) is 50.2 Å². The lowest BCUT2D eigenvalue weighted by Gasteiger charge is -2.31. The highest BCUT2D eigenvalue weighted by molar-refractivity contribution is 6.19. The summed E-state index contributed by atoms with van der Waals surface area (Å²) in [7, 11) is 3.58. The Kier molecular flexibility index (Phi) is 10.4. The molecule has 6 rings (SSSR count). The lowest BCUT2D eigenvalue weighted by atomic mass is 9.95. The van der Waals surface area contributed by atoms with Gasteiger partial charge in [-0.1, -0.05) is 24.3 Å². The molecule has 3 aromatic rings. The van der Waals surface area contributed by atoms with E-state index in [4.69, 9.17) is 25.8 Å². The van der Waals surface area contributed by atoms with E-state index >= 15 is 0 Å². The van der Waals surface area contributed by atoms with E-state index < -0.39 is 0 Å². The van der Waals surface area contributed by atoms with Crippen LogP contribution in [0.5, 0.6) is 17.2 Å². The summed E-state index contributed by atoms with van der Waals surface area (Å²) in [5.74, 6) is 1.58. The van der Waals surface area contributed by atoms with Gasteiger partial charge in [-0.25, -0.2) is 4.79 Å². The van der Waals surface area contributed by atoms with E-state index in [1.54, 1.807) is 28.1 Å². The van der Waals surface area contributed by atoms with Gasteiger partial charge < -0.3 is 34.2 Å². The molecule has 254 valence electrons. The van der Waals surface area contributed by atoms with Crippen LogP contribution in [0, 0.1) is 0 Å². The minimum atomic E-state index is -0.378. The standard InChI is InChI=1S/C36H42ClN5O6/c1-23-21-38-28-18-32(31(46-3)17-27(28)35(44)39-23)47-16-8-4-5-11-33(43)42-22-24(20-37)34-26-10-7-6-9-25(26)30(19-29(34)42)48-36(45)41-14-12-40(2)13-15-41/h6-7,9-10,17-19,21,23-24H,4-5,8,11-16,20,22H2,1-3H3,(H,39,44)/t23-,24+/m0/s1. The van der Waals surface area contributed by atoms with Crippen molar-refractivity contribution in [1.82, 2.24) is 15.1 Å². The fourth-order valence-corrected chi connectivity index (χ4v) is 6.76. The molecule has 0 spiro atoms. The van der Waals surface area contributed by atoms with Crippen LogP contribution in [-0.4, -0.2) is 99.3 Å². The summed E-state index contributed by atoms with van der Waals surface area (Å²) < 4.78 is 17.5. The number of unbranched alkanes of at least 4 members (excludes halogenated alkanes) is 2. The number of fused-ring (bicyclic) bond motifs is 4. The fraction of sp³-hybridized carbons (Fsp3) is 0.444. The summed E-state index contributed by atoms with van der Waals surface area (Å²) in [6.45, 7) is 5.57. The number of anilines is 1. The van der Waals surface area contributed by atoms with Crippen LogP contribution in [0.3, 0.4) is 0 Å². The Morgan fingerprint density at radius 1 is 1.00 bits per heavy atom. The van der Waals surface area contributed by atoms with E-state index in [1.807, 2.05) is 44.3 Å². The first-order chi connectivity index (χ1) is 23.3. The Balaban J connectivity index is 1.09. The molecule has 11 nitrogen and oxygen atoms in total. The van der Waals surface area contributed by atoms with Crippen molar-refractivity contribution in [3.63, 3.8) is 0 Å². The lowest BCUT2D eigenvalue weighted by Crippen LogP contribution is -2.48. The van der Waals surface area contributed by atoms with E-state index in [2.05, 4.69) is 15.2 Å². The monoisotopic (exact) mass is 675 g/mol. The largest absolute Gasteiger partial charge is 0.493 e. The second-order valence-electron chi connectivity index (χ2n) is 12.6. The molecule has 3 amide bonds. The van der Waals surface area contributed by atoms with Crippen LogP contribution in [0.15, 0.2) is 47.5 Å². The number of carbonyl (C=O) groups is 3. The van der Waals surface area contributed by atoms with Gasteiger partial charge in [-0.3, -0.25) is 14.6 Å². The number of piperazine rings is 1. The molecule has 1 N–H and O–H groups in total. The molecule has 3 aliphatic rings. The third-order valence-corrected chi connectivity index (χ3v) is 9.56. The molecule has 0 aromatic heterocycles. The van der Waals surface area contributed by atoms with Crippen molar-refractivity contribution in [2.75, 3.05) is 64.3 Å². The maximum Gasteiger partial charge on any atom is 0.415 e. The number of hydrogen-bond donors (Lipinski definition) is 1. The van der Waals surface area contributed by atoms with Crippen molar-refractivity contribution in [1.29, 1.82) is 0 Å². The van der Waals surface area contributed by atoms with Crippen molar-refractivity contribution in [3.05, 3.63) is 53.6 Å². The Bertz CT molecular complexity index is 1720. The Labute approximate surface area is 285 Å². The highest BCUT2D eigenvalue weighted by Gasteiger charge is 2.35. The molecule has 48 heavy (non-hydrogen) atoms. The maximum atomic E-state index is 13.6. The number of halogens is 1. The summed E-state index contributed by atoms with van der Waals surface area (Å²) in [5, 5.41) is 4.64. The van der Waals surface area contributed by atoms with Crippen molar-refractivity contribution < 1.29 is 28.6 Å². The van der Waals surface area contributed by atoms with Crippen molar-refractivity contribution in [2.45, 2.75) is 44.6 Å². The van der Waals surface area contributed by atoms with Crippen molar-refractivity contribution in [2.24, 2.45) is 4.99 Å². The number of nitrogens with one attached hydrogen (secondary N) is 1. The highest BCUT2D eigenvalue weighted by Crippen LogP contribution is 2.46. The first-order valence-electron chi connectivity index (χ1n) is 16.5. The number of carbonyl (C=O) groups excluding carboxylic acids is 3. The molecule has 3 aliphatic heterocycles. The smallest absolute Gasteiger partial charge is 0.415 e. The van der Waals surface area contributed by atoms with Gasteiger partial charge in [0.1, 0.15) is 5.75 Å². The van der Waals surface area contributed by atoms with E-state index in [9.17, 15) is 14.4 Å².